The van der Waals surface area contributed by atoms with E-state index in [0.717, 1.165) is 45.4 Å². The summed E-state index contributed by atoms with van der Waals surface area (Å²) in [6.45, 7) is 6.25. The highest BCUT2D eigenvalue weighted by Crippen LogP contribution is 2.39. The normalized spacial score (nSPS) is 25.7. The van der Waals surface area contributed by atoms with Gasteiger partial charge >= 0.3 is 0 Å². The van der Waals surface area contributed by atoms with Gasteiger partial charge in [0, 0.05) is 19.7 Å². The number of amides is 1. The van der Waals surface area contributed by atoms with Crippen LogP contribution in [0.3, 0.4) is 0 Å². The molecular formula is C13H24N2O2. The van der Waals surface area contributed by atoms with Crippen molar-refractivity contribution in [3.63, 3.8) is 0 Å². The third-order valence-electron chi connectivity index (χ3n) is 4.02. The maximum atomic E-state index is 12.3. The molecule has 1 atom stereocenters. The van der Waals surface area contributed by atoms with Crippen LogP contribution in [0.2, 0.25) is 0 Å². The molecule has 0 aromatic rings. The Kier molecular flexibility index (Phi) is 3.73. The van der Waals surface area contributed by atoms with Gasteiger partial charge in [0.1, 0.15) is 0 Å². The first-order valence-electron chi connectivity index (χ1n) is 6.75. The van der Waals surface area contributed by atoms with E-state index < -0.39 is 5.54 Å². The molecule has 4 heteroatoms. The van der Waals surface area contributed by atoms with E-state index in [1.165, 1.54) is 0 Å². The van der Waals surface area contributed by atoms with E-state index in [1.54, 1.807) is 0 Å². The molecule has 1 aliphatic carbocycles. The molecule has 4 nitrogen and oxygen atoms in total. The largest absolute Gasteiger partial charge is 0.378 e. The lowest BCUT2D eigenvalue weighted by molar-refractivity contribution is -0.139. The minimum absolute atomic E-state index is 0.134. The van der Waals surface area contributed by atoms with Gasteiger partial charge in [0.25, 0.3) is 0 Å². The topological polar surface area (TPSA) is 55.6 Å². The molecule has 0 aromatic heterocycles. The number of likely N-dealkylation sites (tertiary alicyclic amines) is 1. The van der Waals surface area contributed by atoms with Crippen molar-refractivity contribution in [2.45, 2.75) is 51.2 Å². The second-order valence-electron chi connectivity index (χ2n) is 5.50. The first-order valence-corrected chi connectivity index (χ1v) is 6.75. The second-order valence-corrected chi connectivity index (χ2v) is 5.50. The van der Waals surface area contributed by atoms with Crippen molar-refractivity contribution in [3.8, 4) is 0 Å². The van der Waals surface area contributed by atoms with Gasteiger partial charge in [-0.15, -0.1) is 0 Å². The Morgan fingerprint density at radius 1 is 1.35 bits per heavy atom. The van der Waals surface area contributed by atoms with E-state index in [1.807, 2.05) is 18.7 Å². The van der Waals surface area contributed by atoms with Gasteiger partial charge in [0.05, 0.1) is 11.6 Å². The summed E-state index contributed by atoms with van der Waals surface area (Å²) >= 11 is 0. The molecule has 1 saturated heterocycles. The van der Waals surface area contributed by atoms with Gasteiger partial charge in [-0.1, -0.05) is 0 Å². The summed E-state index contributed by atoms with van der Waals surface area (Å²) in [5, 5.41) is 0. The molecule has 1 amide bonds. The van der Waals surface area contributed by atoms with E-state index in [2.05, 4.69) is 0 Å². The average Bonchev–Trinajstić information content (AvgIpc) is 3.13. The molecule has 1 aliphatic heterocycles. The van der Waals surface area contributed by atoms with Gasteiger partial charge in [-0.05, 0) is 45.4 Å². The van der Waals surface area contributed by atoms with Gasteiger partial charge in [-0.25, -0.2) is 0 Å². The quantitative estimate of drug-likeness (QED) is 0.801. The number of nitrogens with zero attached hydrogens (tertiary/aromatic N) is 1. The maximum Gasteiger partial charge on any atom is 0.242 e. The summed E-state index contributed by atoms with van der Waals surface area (Å²) in [6.07, 6.45) is 4.43. The first kappa shape index (κ1) is 12.8. The van der Waals surface area contributed by atoms with Crippen LogP contribution in [0, 0.1) is 5.92 Å². The SMILES string of the molecule is CCOC1CCN(C(=O)C(C)(N)C2CC2)CC1. The van der Waals surface area contributed by atoms with Crippen molar-refractivity contribution >= 4 is 5.91 Å². The lowest BCUT2D eigenvalue weighted by atomic mass is 9.94. The predicted molar refractivity (Wildman–Crippen MR) is 66.5 cm³/mol. The van der Waals surface area contributed by atoms with Crippen LogP contribution in [0.1, 0.15) is 39.5 Å². The second kappa shape index (κ2) is 4.94. The Morgan fingerprint density at radius 2 is 1.94 bits per heavy atom. The van der Waals surface area contributed by atoms with Crippen LogP contribution in [0.25, 0.3) is 0 Å². The minimum Gasteiger partial charge on any atom is -0.378 e. The zero-order chi connectivity index (χ0) is 12.5. The van der Waals surface area contributed by atoms with Gasteiger partial charge in [0.2, 0.25) is 5.91 Å². The molecule has 2 aliphatic rings. The molecule has 17 heavy (non-hydrogen) atoms. The minimum atomic E-state index is -0.640. The van der Waals surface area contributed by atoms with Crippen molar-refractivity contribution < 1.29 is 9.53 Å². The van der Waals surface area contributed by atoms with Crippen LogP contribution in [-0.4, -0.2) is 42.1 Å². The van der Waals surface area contributed by atoms with Crippen molar-refractivity contribution in [3.05, 3.63) is 0 Å². The zero-order valence-corrected chi connectivity index (χ0v) is 10.9. The number of hydrogen-bond donors (Lipinski definition) is 1. The molecule has 2 N–H and O–H groups in total. The molecule has 0 bridgehead atoms. The Labute approximate surface area is 103 Å². The molecule has 0 radical (unpaired) electrons. The number of piperidine rings is 1. The summed E-state index contributed by atoms with van der Waals surface area (Å²) < 4.78 is 5.59. The molecular weight excluding hydrogens is 216 g/mol. The average molecular weight is 240 g/mol. The molecule has 1 unspecified atom stereocenters. The zero-order valence-electron chi connectivity index (χ0n) is 10.9. The summed E-state index contributed by atoms with van der Waals surface area (Å²) in [4.78, 5) is 14.3. The number of carbonyl (C=O) groups is 1. The number of ether oxygens (including phenoxy) is 1. The van der Waals surface area contributed by atoms with E-state index >= 15 is 0 Å². The number of rotatable bonds is 4. The van der Waals surface area contributed by atoms with Crippen LogP contribution >= 0.6 is 0 Å². The van der Waals surface area contributed by atoms with Crippen molar-refractivity contribution in [1.29, 1.82) is 0 Å². The molecule has 2 fully saturated rings. The van der Waals surface area contributed by atoms with Crippen molar-refractivity contribution in [2.75, 3.05) is 19.7 Å². The predicted octanol–water partition coefficient (Wildman–Crippen LogP) is 1.14. The lowest BCUT2D eigenvalue weighted by Crippen LogP contribution is -2.56. The van der Waals surface area contributed by atoms with Crippen LogP contribution in [0.4, 0.5) is 0 Å². The third-order valence-corrected chi connectivity index (χ3v) is 4.02. The molecule has 1 heterocycles. The van der Waals surface area contributed by atoms with Gasteiger partial charge in [-0.2, -0.15) is 0 Å². The third kappa shape index (κ3) is 2.80. The van der Waals surface area contributed by atoms with Crippen LogP contribution in [0.15, 0.2) is 0 Å². The van der Waals surface area contributed by atoms with Gasteiger partial charge < -0.3 is 15.4 Å². The molecule has 0 aromatic carbocycles. The lowest BCUT2D eigenvalue weighted by Gasteiger charge is -2.36. The Hall–Kier alpha value is -0.610. The fraction of sp³-hybridized carbons (Fsp3) is 0.923. The van der Waals surface area contributed by atoms with Gasteiger partial charge in [0.15, 0.2) is 0 Å². The highest BCUT2D eigenvalue weighted by molar-refractivity contribution is 5.86. The summed E-state index contributed by atoms with van der Waals surface area (Å²) in [5.74, 6) is 0.537. The molecule has 98 valence electrons. The number of nitrogens with two attached hydrogens (primary N) is 1. The standard InChI is InChI=1S/C13H24N2O2/c1-3-17-11-6-8-15(9-7-11)12(16)13(2,14)10-4-5-10/h10-11H,3-9,14H2,1-2H3. The van der Waals surface area contributed by atoms with E-state index in [-0.39, 0.29) is 5.91 Å². The van der Waals surface area contributed by atoms with E-state index in [9.17, 15) is 4.79 Å². The van der Waals surface area contributed by atoms with Crippen molar-refractivity contribution in [1.82, 2.24) is 4.90 Å². The fourth-order valence-electron chi connectivity index (χ4n) is 2.66. The highest BCUT2D eigenvalue weighted by atomic mass is 16.5. The summed E-state index contributed by atoms with van der Waals surface area (Å²) in [7, 11) is 0. The summed E-state index contributed by atoms with van der Waals surface area (Å²) in [5.41, 5.74) is 5.53. The fourth-order valence-corrected chi connectivity index (χ4v) is 2.66. The molecule has 2 rings (SSSR count). The van der Waals surface area contributed by atoms with Crippen LogP contribution in [-0.2, 0) is 9.53 Å². The van der Waals surface area contributed by atoms with Crippen LogP contribution < -0.4 is 5.73 Å². The maximum absolute atomic E-state index is 12.3. The Morgan fingerprint density at radius 3 is 2.41 bits per heavy atom. The number of hydrogen-bond acceptors (Lipinski definition) is 3. The highest BCUT2D eigenvalue weighted by Gasteiger charge is 2.46. The molecule has 0 spiro atoms. The molecule has 1 saturated carbocycles. The van der Waals surface area contributed by atoms with Crippen LogP contribution in [0.5, 0.6) is 0 Å². The van der Waals surface area contributed by atoms with E-state index in [4.69, 9.17) is 10.5 Å². The van der Waals surface area contributed by atoms with Crippen molar-refractivity contribution in [2.24, 2.45) is 11.7 Å². The Balaban J connectivity index is 1.85. The smallest absolute Gasteiger partial charge is 0.242 e. The first-order chi connectivity index (χ1) is 8.05. The number of carbonyl (C=O) groups excluding carboxylic acids is 1. The van der Waals surface area contributed by atoms with E-state index in [0.29, 0.717) is 12.0 Å². The summed E-state index contributed by atoms with van der Waals surface area (Å²) in [6, 6.07) is 0. The van der Waals surface area contributed by atoms with Gasteiger partial charge in [-0.3, -0.25) is 4.79 Å². The monoisotopic (exact) mass is 240 g/mol. The Bertz CT molecular complexity index is 279.